The minimum atomic E-state index is -4.55. The summed E-state index contributed by atoms with van der Waals surface area (Å²) in [5, 5.41) is 3.37. The zero-order chi connectivity index (χ0) is 16.4. The number of pyridine rings is 1. The van der Waals surface area contributed by atoms with Crippen LogP contribution in [0.5, 0.6) is 0 Å². The number of H-pyrrole nitrogens is 1. The molecular formula is C17H19F3N2O. The number of benzene rings is 1. The molecule has 1 aromatic heterocycles. The molecule has 0 radical (unpaired) electrons. The lowest BCUT2D eigenvalue weighted by molar-refractivity contribution is -0.136. The largest absolute Gasteiger partial charge is 0.417 e. The number of hydrogen-bond donors (Lipinski definition) is 2. The van der Waals surface area contributed by atoms with Crippen LogP contribution in [0.4, 0.5) is 18.9 Å². The van der Waals surface area contributed by atoms with Crippen LogP contribution in [-0.4, -0.2) is 11.0 Å². The number of hydrogen-bond acceptors (Lipinski definition) is 2. The average molecular weight is 324 g/mol. The quantitative estimate of drug-likeness (QED) is 0.788. The molecule has 0 spiro atoms. The van der Waals surface area contributed by atoms with Gasteiger partial charge in [-0.3, -0.25) is 4.79 Å². The summed E-state index contributed by atoms with van der Waals surface area (Å²) >= 11 is 0. The molecule has 3 nitrogen and oxygen atoms in total. The molecule has 0 amide bonds. The van der Waals surface area contributed by atoms with Crippen molar-refractivity contribution >= 4 is 16.6 Å². The van der Waals surface area contributed by atoms with Gasteiger partial charge in [0.1, 0.15) is 0 Å². The molecule has 2 N–H and O–H groups in total. The van der Waals surface area contributed by atoms with Crippen LogP contribution < -0.4 is 10.9 Å². The maximum Gasteiger partial charge on any atom is 0.417 e. The first kappa shape index (κ1) is 15.9. The Morgan fingerprint density at radius 1 is 1.04 bits per heavy atom. The van der Waals surface area contributed by atoms with Gasteiger partial charge in [-0.05, 0) is 31.0 Å². The summed E-state index contributed by atoms with van der Waals surface area (Å²) in [6.07, 6.45) is 2.25. The smallest absolute Gasteiger partial charge is 0.382 e. The van der Waals surface area contributed by atoms with Crippen molar-refractivity contribution in [3.05, 3.63) is 40.2 Å². The van der Waals surface area contributed by atoms with E-state index in [0.717, 1.165) is 25.7 Å². The molecule has 1 aliphatic rings. The van der Waals surface area contributed by atoms with Gasteiger partial charge in [-0.2, -0.15) is 13.2 Å². The van der Waals surface area contributed by atoms with Crippen molar-refractivity contribution in [1.82, 2.24) is 4.98 Å². The number of aromatic nitrogens is 1. The minimum absolute atomic E-state index is 0.0238. The average Bonchev–Trinajstić information content (AvgIpc) is 2.74. The third-order valence-corrected chi connectivity index (χ3v) is 4.37. The summed E-state index contributed by atoms with van der Waals surface area (Å²) in [7, 11) is 0. The van der Waals surface area contributed by atoms with Crippen molar-refractivity contribution in [2.24, 2.45) is 0 Å². The second kappa shape index (κ2) is 6.26. The van der Waals surface area contributed by atoms with Gasteiger partial charge in [0.2, 0.25) is 5.56 Å². The highest BCUT2D eigenvalue weighted by Crippen LogP contribution is 2.34. The maximum absolute atomic E-state index is 13.2. The van der Waals surface area contributed by atoms with Crippen molar-refractivity contribution in [2.75, 3.05) is 5.32 Å². The van der Waals surface area contributed by atoms with E-state index in [1.165, 1.54) is 25.0 Å². The summed E-state index contributed by atoms with van der Waals surface area (Å²) in [5.41, 5.74) is -0.756. The number of rotatable bonds is 2. The highest BCUT2D eigenvalue weighted by atomic mass is 19.4. The van der Waals surface area contributed by atoms with Gasteiger partial charge in [0.25, 0.3) is 0 Å². The standard InChI is InChI=1S/C17H19F3N2O/c18-17(19,20)14-10-16(23)22-15-8-7-12(9-13(14)15)21-11-5-3-1-2-4-6-11/h7-11,21H,1-6H2,(H,22,23). The van der Waals surface area contributed by atoms with E-state index in [1.807, 2.05) is 0 Å². The summed E-state index contributed by atoms with van der Waals surface area (Å²) < 4.78 is 39.5. The Morgan fingerprint density at radius 3 is 2.39 bits per heavy atom. The van der Waals surface area contributed by atoms with E-state index in [4.69, 9.17) is 0 Å². The van der Waals surface area contributed by atoms with Gasteiger partial charge < -0.3 is 10.3 Å². The minimum Gasteiger partial charge on any atom is -0.382 e. The van der Waals surface area contributed by atoms with E-state index in [0.29, 0.717) is 17.8 Å². The molecular weight excluding hydrogens is 305 g/mol. The van der Waals surface area contributed by atoms with Crippen molar-refractivity contribution < 1.29 is 13.2 Å². The van der Waals surface area contributed by atoms with Crippen molar-refractivity contribution in [2.45, 2.75) is 50.7 Å². The van der Waals surface area contributed by atoms with Gasteiger partial charge in [0.15, 0.2) is 0 Å². The first-order chi connectivity index (χ1) is 10.9. The van der Waals surface area contributed by atoms with Gasteiger partial charge in [-0.25, -0.2) is 0 Å². The molecule has 0 atom stereocenters. The maximum atomic E-state index is 13.2. The molecule has 0 saturated heterocycles. The van der Waals surface area contributed by atoms with E-state index in [9.17, 15) is 18.0 Å². The molecule has 1 aliphatic carbocycles. The molecule has 23 heavy (non-hydrogen) atoms. The molecule has 2 aromatic rings. The number of halogens is 3. The number of aromatic amines is 1. The van der Waals surface area contributed by atoms with Crippen LogP contribution >= 0.6 is 0 Å². The Kier molecular flexibility index (Phi) is 4.33. The van der Waals surface area contributed by atoms with Gasteiger partial charge in [-0.15, -0.1) is 0 Å². The van der Waals surface area contributed by atoms with Crippen LogP contribution in [0, 0.1) is 0 Å². The lowest BCUT2D eigenvalue weighted by Gasteiger charge is -2.18. The van der Waals surface area contributed by atoms with Crippen LogP contribution in [0.3, 0.4) is 0 Å². The molecule has 3 rings (SSSR count). The van der Waals surface area contributed by atoms with E-state index >= 15 is 0 Å². The normalized spacial score (nSPS) is 17.2. The van der Waals surface area contributed by atoms with E-state index < -0.39 is 17.3 Å². The first-order valence-corrected chi connectivity index (χ1v) is 7.94. The summed E-state index contributed by atoms with van der Waals surface area (Å²) in [6, 6.07) is 5.66. The van der Waals surface area contributed by atoms with E-state index in [1.54, 1.807) is 6.07 Å². The van der Waals surface area contributed by atoms with Crippen LogP contribution in [0.15, 0.2) is 29.1 Å². The predicted molar refractivity (Wildman–Crippen MR) is 84.7 cm³/mol. The van der Waals surface area contributed by atoms with Gasteiger partial charge in [-0.1, -0.05) is 25.7 Å². The van der Waals surface area contributed by atoms with Gasteiger partial charge in [0, 0.05) is 28.7 Å². The number of nitrogens with one attached hydrogen (secondary N) is 2. The third-order valence-electron chi connectivity index (χ3n) is 4.37. The summed E-state index contributed by atoms with van der Waals surface area (Å²) in [6.45, 7) is 0. The second-order valence-electron chi connectivity index (χ2n) is 6.14. The molecule has 6 heteroatoms. The van der Waals surface area contributed by atoms with Crippen LogP contribution in [0.25, 0.3) is 10.9 Å². The van der Waals surface area contributed by atoms with Gasteiger partial charge in [0.05, 0.1) is 5.56 Å². The Balaban J connectivity index is 1.97. The Hall–Kier alpha value is -1.98. The monoisotopic (exact) mass is 324 g/mol. The Bertz CT molecular complexity index is 744. The molecule has 1 fully saturated rings. The van der Waals surface area contributed by atoms with Crippen LogP contribution in [0.1, 0.15) is 44.1 Å². The van der Waals surface area contributed by atoms with Crippen molar-refractivity contribution in [3.63, 3.8) is 0 Å². The summed E-state index contributed by atoms with van der Waals surface area (Å²) in [5.74, 6) is 0. The zero-order valence-corrected chi connectivity index (χ0v) is 12.7. The molecule has 0 unspecified atom stereocenters. The zero-order valence-electron chi connectivity index (χ0n) is 12.7. The number of anilines is 1. The lowest BCUT2D eigenvalue weighted by atomic mass is 10.1. The van der Waals surface area contributed by atoms with Crippen LogP contribution in [-0.2, 0) is 6.18 Å². The van der Waals surface area contributed by atoms with E-state index in [2.05, 4.69) is 10.3 Å². The topological polar surface area (TPSA) is 44.9 Å². The Labute approximate surface area is 131 Å². The highest BCUT2D eigenvalue weighted by molar-refractivity contribution is 5.85. The molecule has 0 bridgehead atoms. The molecule has 1 aromatic carbocycles. The number of fused-ring (bicyclic) bond motifs is 1. The SMILES string of the molecule is O=c1cc(C(F)(F)F)c2cc(NC3CCCCCC3)ccc2[nH]1. The fraction of sp³-hybridized carbons (Fsp3) is 0.471. The predicted octanol–water partition coefficient (Wildman–Crippen LogP) is 4.68. The molecule has 1 saturated carbocycles. The van der Waals surface area contributed by atoms with Crippen molar-refractivity contribution in [1.29, 1.82) is 0 Å². The number of alkyl halides is 3. The molecule has 1 heterocycles. The van der Waals surface area contributed by atoms with Crippen molar-refractivity contribution in [3.8, 4) is 0 Å². The first-order valence-electron chi connectivity index (χ1n) is 7.94. The summed E-state index contributed by atoms with van der Waals surface area (Å²) in [4.78, 5) is 13.9. The fourth-order valence-corrected chi connectivity index (χ4v) is 3.24. The fourth-order valence-electron chi connectivity index (χ4n) is 3.24. The second-order valence-corrected chi connectivity index (χ2v) is 6.14. The highest BCUT2D eigenvalue weighted by Gasteiger charge is 2.33. The van der Waals surface area contributed by atoms with Gasteiger partial charge >= 0.3 is 6.18 Å². The molecule has 0 aliphatic heterocycles. The lowest BCUT2D eigenvalue weighted by Crippen LogP contribution is -2.18. The Morgan fingerprint density at radius 2 is 1.74 bits per heavy atom. The van der Waals surface area contributed by atoms with Crippen LogP contribution in [0.2, 0.25) is 0 Å². The molecule has 124 valence electrons. The third kappa shape index (κ3) is 3.68. The van der Waals surface area contributed by atoms with E-state index in [-0.39, 0.29) is 10.9 Å².